The van der Waals surface area contributed by atoms with E-state index in [2.05, 4.69) is 34.7 Å². The van der Waals surface area contributed by atoms with Gasteiger partial charge in [-0.05, 0) is 18.3 Å². The van der Waals surface area contributed by atoms with Crippen LogP contribution in [0.5, 0.6) is 0 Å². The number of hydrogen-bond donors (Lipinski definition) is 2. The van der Waals surface area contributed by atoms with Crippen molar-refractivity contribution in [1.29, 1.82) is 0 Å². The lowest BCUT2D eigenvalue weighted by Gasteiger charge is -2.34. The summed E-state index contributed by atoms with van der Waals surface area (Å²) in [5, 5.41) is 14.4. The lowest BCUT2D eigenvalue weighted by atomic mass is 9.78. The van der Waals surface area contributed by atoms with Crippen LogP contribution in [0.3, 0.4) is 0 Å². The molecule has 1 aliphatic carbocycles. The fourth-order valence-corrected chi connectivity index (χ4v) is 4.83. The van der Waals surface area contributed by atoms with Gasteiger partial charge in [-0.2, -0.15) is 0 Å². The molecule has 0 aliphatic heterocycles. The van der Waals surface area contributed by atoms with Gasteiger partial charge in [-0.3, -0.25) is 10.1 Å². The minimum Gasteiger partial charge on any atom is -0.335 e. The van der Waals surface area contributed by atoms with Gasteiger partial charge in [0.25, 0.3) is 0 Å². The monoisotopic (exact) mass is 475 g/mol. The van der Waals surface area contributed by atoms with Gasteiger partial charge in [-0.1, -0.05) is 99.1 Å². The Kier molecular flexibility index (Phi) is 7.90. The Bertz CT molecular complexity index is 1130. The van der Waals surface area contributed by atoms with Crippen molar-refractivity contribution in [2.75, 3.05) is 5.75 Å². The van der Waals surface area contributed by atoms with Crippen molar-refractivity contribution in [2.45, 2.75) is 44.3 Å². The Labute approximate surface area is 204 Å². The number of nitrogens with zero attached hydrogens (tertiary/aromatic N) is 3. The number of benzene rings is 2. The Morgan fingerprint density at radius 2 is 1.56 bits per heavy atom. The molecule has 0 bridgehead atoms. The smallest absolute Gasteiger partial charge is 0.321 e. The molecule has 1 heterocycles. The maximum Gasteiger partial charge on any atom is 0.321 e. The number of carbonyl (C=O) groups excluding carboxylic acids is 2. The summed E-state index contributed by atoms with van der Waals surface area (Å²) < 4.78 is 0. The van der Waals surface area contributed by atoms with Crippen molar-refractivity contribution in [3.63, 3.8) is 0 Å². The van der Waals surface area contributed by atoms with E-state index >= 15 is 0 Å². The van der Waals surface area contributed by atoms with Gasteiger partial charge < -0.3 is 5.32 Å². The standard InChI is InChI=1S/C26H29N5O2S/c1-17-10-9-15-21(18(17)2)27-25(33)28-22(32)16-34-26-29-23(19-11-5-3-6-12-19)24(30-31-26)20-13-7-4-8-14-20/h3-8,11-14,17-18,21H,9-10,15-16H2,1-2H3,(H2,27,28,32,33)/t17-,18+,21-/m0/s1. The van der Waals surface area contributed by atoms with Crippen LogP contribution < -0.4 is 10.6 Å². The Balaban J connectivity index is 1.41. The van der Waals surface area contributed by atoms with Gasteiger partial charge in [-0.15, -0.1) is 10.2 Å². The zero-order valence-electron chi connectivity index (χ0n) is 19.4. The fraction of sp³-hybridized carbons (Fsp3) is 0.346. The van der Waals surface area contributed by atoms with Crippen LogP contribution in [0.1, 0.15) is 33.1 Å². The highest BCUT2D eigenvalue weighted by atomic mass is 32.2. The number of rotatable bonds is 6. The minimum absolute atomic E-state index is 0.0185. The van der Waals surface area contributed by atoms with Gasteiger partial charge >= 0.3 is 6.03 Å². The first-order valence-corrected chi connectivity index (χ1v) is 12.6. The Morgan fingerprint density at radius 3 is 2.24 bits per heavy atom. The molecule has 0 unspecified atom stereocenters. The normalized spacial score (nSPS) is 19.9. The molecule has 0 spiro atoms. The van der Waals surface area contributed by atoms with Crippen LogP contribution in [0.2, 0.25) is 0 Å². The zero-order chi connectivity index (χ0) is 23.9. The Morgan fingerprint density at radius 1 is 0.912 bits per heavy atom. The third-order valence-electron chi connectivity index (χ3n) is 6.37. The molecule has 176 valence electrons. The predicted molar refractivity (Wildman–Crippen MR) is 134 cm³/mol. The van der Waals surface area contributed by atoms with E-state index < -0.39 is 11.9 Å². The van der Waals surface area contributed by atoms with Crippen molar-refractivity contribution in [3.8, 4) is 22.5 Å². The van der Waals surface area contributed by atoms with Gasteiger partial charge in [0.15, 0.2) is 0 Å². The van der Waals surface area contributed by atoms with Crippen LogP contribution in [-0.2, 0) is 4.79 Å². The van der Waals surface area contributed by atoms with Crippen molar-refractivity contribution in [1.82, 2.24) is 25.8 Å². The fourth-order valence-electron chi connectivity index (χ4n) is 4.24. The number of imide groups is 1. The molecule has 4 rings (SSSR count). The third kappa shape index (κ3) is 5.99. The molecule has 2 aromatic carbocycles. The molecular formula is C26H29N5O2S. The third-order valence-corrected chi connectivity index (χ3v) is 7.21. The van der Waals surface area contributed by atoms with E-state index in [1.807, 2.05) is 60.7 Å². The topological polar surface area (TPSA) is 96.9 Å². The molecule has 7 nitrogen and oxygen atoms in total. The van der Waals surface area contributed by atoms with Gasteiger partial charge in [0.1, 0.15) is 11.4 Å². The number of carbonyl (C=O) groups is 2. The van der Waals surface area contributed by atoms with Crippen molar-refractivity contribution >= 4 is 23.7 Å². The lowest BCUT2D eigenvalue weighted by Crippen LogP contribution is -2.49. The van der Waals surface area contributed by atoms with Crippen LogP contribution >= 0.6 is 11.8 Å². The summed E-state index contributed by atoms with van der Waals surface area (Å²) in [6.07, 6.45) is 3.21. The molecule has 0 saturated heterocycles. The molecule has 3 amide bonds. The van der Waals surface area contributed by atoms with Gasteiger partial charge in [0.2, 0.25) is 11.1 Å². The SMILES string of the molecule is C[C@H]1[C@@H](NC(=O)NC(=O)CSc2nnc(-c3ccccc3)c(-c3ccccc3)n2)CCC[C@@H]1C. The second kappa shape index (κ2) is 11.2. The summed E-state index contributed by atoms with van der Waals surface area (Å²) in [6, 6.07) is 19.2. The van der Waals surface area contributed by atoms with Crippen LogP contribution in [-0.4, -0.2) is 38.9 Å². The summed E-state index contributed by atoms with van der Waals surface area (Å²) in [7, 11) is 0. The maximum absolute atomic E-state index is 12.4. The molecular weight excluding hydrogens is 446 g/mol. The first-order valence-electron chi connectivity index (χ1n) is 11.6. The molecule has 3 aromatic rings. The van der Waals surface area contributed by atoms with Crippen LogP contribution in [0.25, 0.3) is 22.5 Å². The summed E-state index contributed by atoms with van der Waals surface area (Å²) in [4.78, 5) is 29.4. The maximum atomic E-state index is 12.4. The zero-order valence-corrected chi connectivity index (χ0v) is 20.2. The predicted octanol–water partition coefficient (Wildman–Crippen LogP) is 4.95. The average Bonchev–Trinajstić information content (AvgIpc) is 2.86. The highest BCUT2D eigenvalue weighted by molar-refractivity contribution is 7.99. The summed E-state index contributed by atoms with van der Waals surface area (Å²) in [5.41, 5.74) is 3.20. The highest BCUT2D eigenvalue weighted by Gasteiger charge is 2.28. The van der Waals surface area contributed by atoms with Crippen LogP contribution in [0.4, 0.5) is 4.79 Å². The molecule has 1 aromatic heterocycles. The first-order chi connectivity index (χ1) is 16.5. The average molecular weight is 476 g/mol. The molecule has 8 heteroatoms. The van der Waals surface area contributed by atoms with E-state index in [0.29, 0.717) is 28.4 Å². The first kappa shape index (κ1) is 23.9. The van der Waals surface area contributed by atoms with E-state index in [1.165, 1.54) is 6.42 Å². The number of urea groups is 1. The minimum atomic E-state index is -0.444. The van der Waals surface area contributed by atoms with Crippen molar-refractivity contribution in [2.24, 2.45) is 11.8 Å². The summed E-state index contributed by atoms with van der Waals surface area (Å²) in [6.45, 7) is 4.36. The van der Waals surface area contributed by atoms with Crippen LogP contribution in [0, 0.1) is 11.8 Å². The highest BCUT2D eigenvalue weighted by Crippen LogP contribution is 2.30. The number of nitrogens with one attached hydrogen (secondary N) is 2. The molecule has 1 aliphatic rings. The second-order valence-electron chi connectivity index (χ2n) is 8.71. The molecule has 3 atom stereocenters. The number of amides is 3. The number of aromatic nitrogens is 3. The number of thioether (sulfide) groups is 1. The van der Waals surface area contributed by atoms with E-state index in [4.69, 9.17) is 4.98 Å². The summed E-state index contributed by atoms with van der Waals surface area (Å²) >= 11 is 1.15. The largest absolute Gasteiger partial charge is 0.335 e. The quantitative estimate of drug-likeness (QED) is 0.490. The second-order valence-corrected chi connectivity index (χ2v) is 9.65. The van der Waals surface area contributed by atoms with Crippen molar-refractivity contribution < 1.29 is 9.59 Å². The van der Waals surface area contributed by atoms with Crippen molar-refractivity contribution in [3.05, 3.63) is 60.7 Å². The van der Waals surface area contributed by atoms with Gasteiger partial charge in [0.05, 0.1) is 5.75 Å². The molecule has 1 fully saturated rings. The van der Waals surface area contributed by atoms with Crippen LogP contribution in [0.15, 0.2) is 65.8 Å². The Hall–Kier alpha value is -3.26. The molecule has 0 radical (unpaired) electrons. The van der Waals surface area contributed by atoms with E-state index in [-0.39, 0.29) is 11.8 Å². The number of hydrogen-bond acceptors (Lipinski definition) is 6. The van der Waals surface area contributed by atoms with E-state index in [0.717, 1.165) is 35.7 Å². The molecule has 34 heavy (non-hydrogen) atoms. The lowest BCUT2D eigenvalue weighted by molar-refractivity contribution is -0.117. The molecule has 1 saturated carbocycles. The molecule has 2 N–H and O–H groups in total. The van der Waals surface area contributed by atoms with Gasteiger partial charge in [-0.25, -0.2) is 9.78 Å². The van der Waals surface area contributed by atoms with E-state index in [9.17, 15) is 9.59 Å². The van der Waals surface area contributed by atoms with Gasteiger partial charge in [0, 0.05) is 17.2 Å². The van der Waals surface area contributed by atoms with E-state index in [1.54, 1.807) is 0 Å². The summed E-state index contributed by atoms with van der Waals surface area (Å²) in [5.74, 6) is 0.580.